The van der Waals surface area contributed by atoms with E-state index in [0.29, 0.717) is 22.6 Å². The molecule has 0 fully saturated rings. The number of aromatic nitrogens is 2. The zero-order chi connectivity index (χ0) is 11.7. The van der Waals surface area contributed by atoms with Crippen molar-refractivity contribution in [3.8, 4) is 0 Å². The van der Waals surface area contributed by atoms with E-state index in [2.05, 4.69) is 4.98 Å². The molecule has 0 aliphatic carbocycles. The van der Waals surface area contributed by atoms with Gasteiger partial charge >= 0.3 is 0 Å². The molecule has 86 valence electrons. The molecule has 1 heterocycles. The normalized spacial score (nSPS) is 13.1. The molecule has 0 saturated carbocycles. The van der Waals surface area contributed by atoms with Crippen LogP contribution in [0.5, 0.6) is 0 Å². The maximum Gasteiger partial charge on any atom is 0.178 e. The monoisotopic (exact) mass is 258 g/mol. The Morgan fingerprint density at radius 1 is 1.56 bits per heavy atom. The van der Waals surface area contributed by atoms with Crippen molar-refractivity contribution in [2.75, 3.05) is 12.0 Å². The maximum absolute atomic E-state index is 13.4. The largest absolute Gasteiger partial charge is 0.328 e. The summed E-state index contributed by atoms with van der Waals surface area (Å²) in [7, 11) is -0.881. The number of rotatable bonds is 3. The van der Waals surface area contributed by atoms with E-state index >= 15 is 0 Å². The average Bonchev–Trinajstić information content (AvgIpc) is 2.53. The highest BCUT2D eigenvalue weighted by Crippen LogP contribution is 2.17. The molecule has 16 heavy (non-hydrogen) atoms. The van der Waals surface area contributed by atoms with E-state index in [1.165, 1.54) is 6.07 Å². The molecule has 6 heteroatoms. The van der Waals surface area contributed by atoms with Crippen molar-refractivity contribution in [3.63, 3.8) is 0 Å². The second-order valence-electron chi connectivity index (χ2n) is 3.49. The second kappa shape index (κ2) is 4.47. The van der Waals surface area contributed by atoms with Crippen LogP contribution in [0.2, 0.25) is 0 Å². The van der Waals surface area contributed by atoms with E-state index in [0.717, 1.165) is 5.52 Å². The van der Waals surface area contributed by atoms with Gasteiger partial charge in [0.1, 0.15) is 11.3 Å². The van der Waals surface area contributed by atoms with E-state index in [1.54, 1.807) is 23.0 Å². The molecular weight excluding hydrogens is 247 g/mol. The number of nitrogens with zero attached hydrogens (tertiary/aromatic N) is 1. The number of hydrogen-bond acceptors (Lipinski definition) is 2. The highest BCUT2D eigenvalue weighted by molar-refractivity contribution is 7.84. The first kappa shape index (κ1) is 11.5. The summed E-state index contributed by atoms with van der Waals surface area (Å²) in [5.74, 6) is 0.192. The molecule has 0 amide bonds. The van der Waals surface area contributed by atoms with Gasteiger partial charge in [-0.15, -0.1) is 0 Å². The van der Waals surface area contributed by atoms with Crippen molar-refractivity contribution in [3.05, 3.63) is 28.8 Å². The van der Waals surface area contributed by atoms with Crippen LogP contribution in [-0.2, 0) is 17.3 Å². The quantitative estimate of drug-likeness (QED) is 0.857. The Kier molecular flexibility index (Phi) is 3.20. The lowest BCUT2D eigenvalue weighted by atomic mass is 10.3. The van der Waals surface area contributed by atoms with Gasteiger partial charge in [0.15, 0.2) is 4.77 Å². The third kappa shape index (κ3) is 2.08. The van der Waals surface area contributed by atoms with Crippen LogP contribution < -0.4 is 0 Å². The first-order valence-electron chi connectivity index (χ1n) is 4.76. The predicted octanol–water partition coefficient (Wildman–Crippen LogP) is 2.22. The molecule has 1 atom stereocenters. The maximum atomic E-state index is 13.4. The third-order valence-electron chi connectivity index (χ3n) is 2.36. The van der Waals surface area contributed by atoms with Crippen LogP contribution in [0, 0.1) is 10.6 Å². The standard InChI is InChI=1S/C10H11FN2OS2/c1-16(14)6-5-13-8-4-2-3-7(11)9(8)12-10(13)15/h2-4H,5-6H2,1H3,(H,12,15). The number of aryl methyl sites for hydroxylation is 1. The van der Waals surface area contributed by atoms with Gasteiger partial charge in [-0.3, -0.25) is 4.21 Å². The molecule has 0 bridgehead atoms. The van der Waals surface area contributed by atoms with E-state index in [4.69, 9.17) is 12.2 Å². The summed E-state index contributed by atoms with van der Waals surface area (Å²) >= 11 is 5.11. The van der Waals surface area contributed by atoms with Gasteiger partial charge in [-0.05, 0) is 24.4 Å². The van der Waals surface area contributed by atoms with E-state index in [-0.39, 0.29) is 5.82 Å². The molecule has 1 aromatic carbocycles. The smallest absolute Gasteiger partial charge is 0.178 e. The first-order valence-corrected chi connectivity index (χ1v) is 6.90. The molecule has 1 N–H and O–H groups in total. The van der Waals surface area contributed by atoms with Crippen LogP contribution >= 0.6 is 12.2 Å². The average molecular weight is 258 g/mol. The number of hydrogen-bond donors (Lipinski definition) is 1. The number of para-hydroxylation sites is 1. The zero-order valence-electron chi connectivity index (χ0n) is 8.70. The van der Waals surface area contributed by atoms with E-state index in [9.17, 15) is 8.60 Å². The van der Waals surface area contributed by atoms with Crippen LogP contribution in [0.25, 0.3) is 11.0 Å². The second-order valence-corrected chi connectivity index (χ2v) is 5.43. The van der Waals surface area contributed by atoms with Crippen LogP contribution in [0.15, 0.2) is 18.2 Å². The Morgan fingerprint density at radius 3 is 3.00 bits per heavy atom. The van der Waals surface area contributed by atoms with Crippen molar-refractivity contribution < 1.29 is 8.60 Å². The summed E-state index contributed by atoms with van der Waals surface area (Å²) in [6.45, 7) is 0.533. The number of aromatic amines is 1. The van der Waals surface area contributed by atoms with Crippen molar-refractivity contribution in [1.82, 2.24) is 9.55 Å². The van der Waals surface area contributed by atoms with Crippen LogP contribution in [0.4, 0.5) is 4.39 Å². The molecule has 0 spiro atoms. The topological polar surface area (TPSA) is 37.8 Å². The van der Waals surface area contributed by atoms with Gasteiger partial charge in [0, 0.05) is 29.4 Å². The fraction of sp³-hybridized carbons (Fsp3) is 0.300. The predicted molar refractivity (Wildman–Crippen MR) is 66.0 cm³/mol. The minimum absolute atomic E-state index is 0.319. The molecule has 2 rings (SSSR count). The van der Waals surface area contributed by atoms with Crippen molar-refractivity contribution in [2.45, 2.75) is 6.54 Å². The lowest BCUT2D eigenvalue weighted by Crippen LogP contribution is -2.06. The van der Waals surface area contributed by atoms with E-state index < -0.39 is 10.8 Å². The number of nitrogens with one attached hydrogen (secondary N) is 1. The summed E-state index contributed by atoms with van der Waals surface area (Å²) in [4.78, 5) is 2.82. The summed E-state index contributed by atoms with van der Waals surface area (Å²) in [6, 6.07) is 4.82. The lowest BCUT2D eigenvalue weighted by molar-refractivity contribution is 0.637. The molecule has 2 aromatic rings. The molecule has 3 nitrogen and oxygen atoms in total. The number of fused-ring (bicyclic) bond motifs is 1. The fourth-order valence-electron chi connectivity index (χ4n) is 1.59. The molecule has 0 radical (unpaired) electrons. The van der Waals surface area contributed by atoms with Crippen LogP contribution in [0.3, 0.4) is 0 Å². The highest BCUT2D eigenvalue weighted by Gasteiger charge is 2.07. The lowest BCUT2D eigenvalue weighted by Gasteiger charge is -2.02. The van der Waals surface area contributed by atoms with Gasteiger partial charge in [0.05, 0.1) is 5.52 Å². The van der Waals surface area contributed by atoms with Crippen molar-refractivity contribution in [1.29, 1.82) is 0 Å². The van der Waals surface area contributed by atoms with Gasteiger partial charge < -0.3 is 9.55 Å². The van der Waals surface area contributed by atoms with Crippen LogP contribution in [0.1, 0.15) is 0 Å². The van der Waals surface area contributed by atoms with Crippen molar-refractivity contribution >= 4 is 34.1 Å². The van der Waals surface area contributed by atoms with Gasteiger partial charge in [-0.1, -0.05) is 6.07 Å². The minimum Gasteiger partial charge on any atom is -0.328 e. The fourth-order valence-corrected chi connectivity index (χ4v) is 2.32. The van der Waals surface area contributed by atoms with Gasteiger partial charge in [0.25, 0.3) is 0 Å². The Hall–Kier alpha value is -1.01. The van der Waals surface area contributed by atoms with Crippen LogP contribution in [-0.4, -0.2) is 25.8 Å². The number of imidazole rings is 1. The molecule has 1 aromatic heterocycles. The third-order valence-corrected chi connectivity index (χ3v) is 3.44. The number of H-pyrrole nitrogens is 1. The Bertz CT molecular complexity index is 602. The Morgan fingerprint density at radius 2 is 2.31 bits per heavy atom. The highest BCUT2D eigenvalue weighted by atomic mass is 32.2. The molecular formula is C10H11FN2OS2. The van der Waals surface area contributed by atoms with E-state index in [1.807, 2.05) is 0 Å². The zero-order valence-corrected chi connectivity index (χ0v) is 10.3. The summed E-state index contributed by atoms with van der Waals surface area (Å²) in [5.41, 5.74) is 1.13. The number of halogens is 1. The summed E-state index contributed by atoms with van der Waals surface area (Å²) < 4.78 is 26.7. The molecule has 0 saturated heterocycles. The molecule has 0 aliphatic rings. The summed E-state index contributed by atoms with van der Waals surface area (Å²) in [5, 5.41) is 0. The number of benzene rings is 1. The molecule has 1 unspecified atom stereocenters. The Balaban J connectivity index is 2.52. The van der Waals surface area contributed by atoms with Gasteiger partial charge in [-0.25, -0.2) is 4.39 Å². The summed E-state index contributed by atoms with van der Waals surface area (Å²) in [6.07, 6.45) is 1.64. The molecule has 0 aliphatic heterocycles. The SMILES string of the molecule is CS(=O)CCn1c(=S)[nH]c2c(F)cccc21. The minimum atomic E-state index is -0.881. The Labute approximate surface area is 99.7 Å². The van der Waals surface area contributed by atoms with Gasteiger partial charge in [-0.2, -0.15) is 0 Å². The van der Waals surface area contributed by atoms with Crippen molar-refractivity contribution in [2.24, 2.45) is 0 Å². The van der Waals surface area contributed by atoms with Gasteiger partial charge in [0.2, 0.25) is 0 Å². The first-order chi connectivity index (χ1) is 7.59.